The standard InChI is InChI=1S/C13H17F3N2OS/c1-8(20-3)7-18-12(19)9-5-4-6-10(11(9)17-2)13(14,15)16/h4-6,8,17H,7H2,1-3H3,(H,18,19). The zero-order valence-corrected chi connectivity index (χ0v) is 12.3. The lowest BCUT2D eigenvalue weighted by Crippen LogP contribution is -2.30. The van der Waals surface area contributed by atoms with Gasteiger partial charge in [0.25, 0.3) is 5.91 Å². The molecule has 0 aliphatic carbocycles. The molecular formula is C13H17F3N2OS. The van der Waals surface area contributed by atoms with Crippen LogP contribution in [0.5, 0.6) is 0 Å². The van der Waals surface area contributed by atoms with Crippen LogP contribution in [0.4, 0.5) is 18.9 Å². The molecule has 0 aromatic heterocycles. The highest BCUT2D eigenvalue weighted by molar-refractivity contribution is 7.99. The van der Waals surface area contributed by atoms with E-state index < -0.39 is 17.6 Å². The molecule has 7 heteroatoms. The quantitative estimate of drug-likeness (QED) is 0.877. The van der Waals surface area contributed by atoms with Gasteiger partial charge >= 0.3 is 6.18 Å². The second-order valence-electron chi connectivity index (χ2n) is 4.23. The second-order valence-corrected chi connectivity index (χ2v) is 5.51. The van der Waals surface area contributed by atoms with Gasteiger partial charge in [0.1, 0.15) is 0 Å². The molecule has 112 valence electrons. The molecular weight excluding hydrogens is 289 g/mol. The van der Waals surface area contributed by atoms with Crippen LogP contribution in [0.1, 0.15) is 22.8 Å². The Morgan fingerprint density at radius 3 is 2.55 bits per heavy atom. The van der Waals surface area contributed by atoms with Crippen LogP contribution < -0.4 is 10.6 Å². The molecule has 0 spiro atoms. The molecule has 1 atom stereocenters. The third-order valence-electron chi connectivity index (χ3n) is 2.82. The van der Waals surface area contributed by atoms with Crippen LogP contribution in [0.15, 0.2) is 18.2 Å². The van der Waals surface area contributed by atoms with E-state index >= 15 is 0 Å². The van der Waals surface area contributed by atoms with E-state index in [0.29, 0.717) is 6.54 Å². The number of amides is 1. The Bertz CT molecular complexity index is 477. The first-order chi connectivity index (χ1) is 9.31. The van der Waals surface area contributed by atoms with Gasteiger partial charge in [0, 0.05) is 18.8 Å². The van der Waals surface area contributed by atoms with Gasteiger partial charge in [-0.2, -0.15) is 24.9 Å². The maximum Gasteiger partial charge on any atom is 0.418 e. The van der Waals surface area contributed by atoms with Crippen molar-refractivity contribution < 1.29 is 18.0 Å². The van der Waals surface area contributed by atoms with Crippen molar-refractivity contribution in [2.45, 2.75) is 18.3 Å². The minimum atomic E-state index is -4.50. The lowest BCUT2D eigenvalue weighted by molar-refractivity contribution is -0.136. The van der Waals surface area contributed by atoms with Gasteiger partial charge < -0.3 is 10.6 Å². The molecule has 1 aromatic carbocycles. The normalized spacial score (nSPS) is 12.9. The molecule has 0 aliphatic rings. The molecule has 1 unspecified atom stereocenters. The number of alkyl halides is 3. The predicted octanol–water partition coefficient (Wildman–Crippen LogP) is 3.23. The van der Waals surface area contributed by atoms with Gasteiger partial charge in [0.15, 0.2) is 0 Å². The third-order valence-corrected chi connectivity index (χ3v) is 3.79. The van der Waals surface area contributed by atoms with E-state index in [1.165, 1.54) is 19.2 Å². The Hall–Kier alpha value is -1.37. The highest BCUT2D eigenvalue weighted by Crippen LogP contribution is 2.36. The molecule has 0 aliphatic heterocycles. The van der Waals surface area contributed by atoms with Crippen LogP contribution in [0.3, 0.4) is 0 Å². The summed E-state index contributed by atoms with van der Waals surface area (Å²) in [7, 11) is 1.37. The summed E-state index contributed by atoms with van der Waals surface area (Å²) in [6.07, 6.45) is -2.60. The number of carbonyl (C=O) groups is 1. The summed E-state index contributed by atoms with van der Waals surface area (Å²) in [6.45, 7) is 2.33. The molecule has 3 nitrogen and oxygen atoms in total. The fourth-order valence-electron chi connectivity index (χ4n) is 1.66. The highest BCUT2D eigenvalue weighted by atomic mass is 32.2. The molecule has 1 amide bonds. The Kier molecular flexibility index (Phi) is 5.74. The van der Waals surface area contributed by atoms with Gasteiger partial charge in [0.2, 0.25) is 0 Å². The van der Waals surface area contributed by atoms with Crippen LogP contribution >= 0.6 is 11.8 Å². The number of carbonyl (C=O) groups excluding carboxylic acids is 1. The van der Waals surface area contributed by atoms with E-state index in [0.717, 1.165) is 6.07 Å². The molecule has 1 aromatic rings. The first-order valence-corrected chi connectivity index (χ1v) is 7.29. The number of anilines is 1. The fraction of sp³-hybridized carbons (Fsp3) is 0.462. The van der Waals surface area contributed by atoms with Gasteiger partial charge in [-0.05, 0) is 18.4 Å². The minimum Gasteiger partial charge on any atom is -0.387 e. The Morgan fingerprint density at radius 1 is 1.40 bits per heavy atom. The fourth-order valence-corrected chi connectivity index (χ4v) is 1.91. The first kappa shape index (κ1) is 16.7. The Labute approximate surface area is 120 Å². The van der Waals surface area contributed by atoms with Crippen molar-refractivity contribution in [3.63, 3.8) is 0 Å². The summed E-state index contributed by atoms with van der Waals surface area (Å²) in [4.78, 5) is 12.0. The SMILES string of the molecule is CNc1c(C(=O)NCC(C)SC)cccc1C(F)(F)F. The topological polar surface area (TPSA) is 41.1 Å². The number of hydrogen-bond donors (Lipinski definition) is 2. The van der Waals surface area contributed by atoms with Crippen LogP contribution in [-0.4, -0.2) is 31.0 Å². The van der Waals surface area contributed by atoms with Gasteiger partial charge in [-0.3, -0.25) is 4.79 Å². The van der Waals surface area contributed by atoms with Gasteiger partial charge in [0.05, 0.1) is 16.8 Å². The van der Waals surface area contributed by atoms with Crippen molar-refractivity contribution in [2.24, 2.45) is 0 Å². The van der Waals surface area contributed by atoms with Crippen LogP contribution in [-0.2, 0) is 6.18 Å². The van der Waals surface area contributed by atoms with E-state index in [1.807, 2.05) is 13.2 Å². The molecule has 0 heterocycles. The number of thioether (sulfide) groups is 1. The summed E-state index contributed by atoms with van der Waals surface area (Å²) in [5.74, 6) is -0.513. The smallest absolute Gasteiger partial charge is 0.387 e. The highest BCUT2D eigenvalue weighted by Gasteiger charge is 2.34. The summed E-state index contributed by atoms with van der Waals surface area (Å²) in [5.41, 5.74) is -1.05. The van der Waals surface area contributed by atoms with E-state index in [-0.39, 0.29) is 16.5 Å². The maximum atomic E-state index is 12.9. The Morgan fingerprint density at radius 2 is 2.05 bits per heavy atom. The lowest BCUT2D eigenvalue weighted by Gasteiger charge is -2.17. The molecule has 0 bridgehead atoms. The van der Waals surface area contributed by atoms with Gasteiger partial charge in [-0.25, -0.2) is 0 Å². The first-order valence-electron chi connectivity index (χ1n) is 6.00. The third kappa shape index (κ3) is 4.06. The van der Waals surface area contributed by atoms with Crippen LogP contribution in [0.25, 0.3) is 0 Å². The molecule has 0 fully saturated rings. The number of rotatable bonds is 5. The number of halogens is 3. The monoisotopic (exact) mass is 306 g/mol. The van der Waals surface area contributed by atoms with E-state index in [4.69, 9.17) is 0 Å². The average Bonchev–Trinajstić information content (AvgIpc) is 2.42. The van der Waals surface area contributed by atoms with E-state index in [1.54, 1.807) is 11.8 Å². The Balaban J connectivity index is 3.03. The molecule has 20 heavy (non-hydrogen) atoms. The number of benzene rings is 1. The number of nitrogens with one attached hydrogen (secondary N) is 2. The average molecular weight is 306 g/mol. The zero-order valence-electron chi connectivity index (χ0n) is 11.5. The zero-order chi connectivity index (χ0) is 15.3. The molecule has 0 saturated carbocycles. The van der Waals surface area contributed by atoms with Crippen LogP contribution in [0, 0.1) is 0 Å². The van der Waals surface area contributed by atoms with Crippen molar-refractivity contribution in [3.05, 3.63) is 29.3 Å². The van der Waals surface area contributed by atoms with Gasteiger partial charge in [-0.15, -0.1) is 0 Å². The van der Waals surface area contributed by atoms with E-state index in [9.17, 15) is 18.0 Å². The summed E-state index contributed by atoms with van der Waals surface area (Å²) < 4.78 is 38.6. The van der Waals surface area contributed by atoms with Gasteiger partial charge in [-0.1, -0.05) is 13.0 Å². The van der Waals surface area contributed by atoms with Crippen molar-refractivity contribution in [1.82, 2.24) is 5.32 Å². The number of hydrogen-bond acceptors (Lipinski definition) is 3. The van der Waals surface area contributed by atoms with Crippen molar-refractivity contribution in [2.75, 3.05) is 25.2 Å². The number of para-hydroxylation sites is 1. The lowest BCUT2D eigenvalue weighted by atomic mass is 10.1. The predicted molar refractivity (Wildman–Crippen MR) is 76.3 cm³/mol. The van der Waals surface area contributed by atoms with E-state index in [2.05, 4.69) is 10.6 Å². The maximum absolute atomic E-state index is 12.9. The van der Waals surface area contributed by atoms with Crippen molar-refractivity contribution in [3.8, 4) is 0 Å². The minimum absolute atomic E-state index is 0.00405. The van der Waals surface area contributed by atoms with Crippen LogP contribution in [0.2, 0.25) is 0 Å². The molecule has 1 rings (SSSR count). The summed E-state index contributed by atoms with van der Waals surface area (Å²) >= 11 is 1.57. The second kappa shape index (κ2) is 6.88. The molecule has 0 saturated heterocycles. The van der Waals surface area contributed by atoms with Crippen molar-refractivity contribution >= 4 is 23.4 Å². The molecule has 2 N–H and O–H groups in total. The largest absolute Gasteiger partial charge is 0.418 e. The molecule has 0 radical (unpaired) electrons. The van der Waals surface area contributed by atoms with Crippen molar-refractivity contribution in [1.29, 1.82) is 0 Å². The summed E-state index contributed by atoms with van der Waals surface area (Å²) in [6, 6.07) is 3.56. The summed E-state index contributed by atoms with van der Waals surface area (Å²) in [5, 5.41) is 5.30.